The number of benzene rings is 2. The zero-order valence-corrected chi connectivity index (χ0v) is 17.6. The van der Waals surface area contributed by atoms with E-state index in [-0.39, 0.29) is 12.5 Å². The first-order valence-corrected chi connectivity index (χ1v) is 10.7. The third kappa shape index (κ3) is 4.53. The van der Waals surface area contributed by atoms with Crippen molar-refractivity contribution in [2.75, 3.05) is 11.9 Å². The number of nitrogens with one attached hydrogen (secondary N) is 1. The van der Waals surface area contributed by atoms with Gasteiger partial charge in [-0.3, -0.25) is 4.79 Å². The van der Waals surface area contributed by atoms with Crippen LogP contribution in [0.15, 0.2) is 42.5 Å². The van der Waals surface area contributed by atoms with E-state index in [0.717, 1.165) is 60.7 Å². The lowest BCUT2D eigenvalue weighted by Gasteiger charge is -2.12. The van der Waals surface area contributed by atoms with Crippen LogP contribution in [0.25, 0.3) is 11.4 Å². The van der Waals surface area contributed by atoms with Crippen LogP contribution in [-0.2, 0) is 24.2 Å². The second-order valence-corrected chi connectivity index (χ2v) is 7.77. The molecule has 0 aliphatic carbocycles. The van der Waals surface area contributed by atoms with E-state index in [2.05, 4.69) is 27.0 Å². The molecule has 1 aromatic heterocycles. The van der Waals surface area contributed by atoms with Crippen molar-refractivity contribution in [1.82, 2.24) is 14.8 Å². The summed E-state index contributed by atoms with van der Waals surface area (Å²) in [6.07, 6.45) is 5.47. The molecule has 6 heteroatoms. The normalized spacial score (nSPS) is 13.4. The maximum absolute atomic E-state index is 12.5. The van der Waals surface area contributed by atoms with E-state index >= 15 is 0 Å². The van der Waals surface area contributed by atoms with E-state index in [1.807, 2.05) is 49.4 Å². The third-order valence-electron chi connectivity index (χ3n) is 5.58. The Balaban J connectivity index is 1.45. The number of amides is 1. The Bertz CT molecular complexity index is 1020. The van der Waals surface area contributed by atoms with E-state index in [1.165, 1.54) is 12.0 Å². The number of carbonyl (C=O) groups is 1. The summed E-state index contributed by atoms with van der Waals surface area (Å²) < 4.78 is 7.85. The van der Waals surface area contributed by atoms with Gasteiger partial charge in [0.2, 0.25) is 0 Å². The number of carbonyl (C=O) groups excluding carboxylic acids is 1. The number of hydrogen-bond acceptors (Lipinski definition) is 4. The second-order valence-electron chi connectivity index (χ2n) is 7.77. The lowest BCUT2D eigenvalue weighted by atomic mass is 10.1. The van der Waals surface area contributed by atoms with Crippen LogP contribution >= 0.6 is 0 Å². The highest BCUT2D eigenvalue weighted by Crippen LogP contribution is 2.27. The quantitative estimate of drug-likeness (QED) is 0.654. The molecule has 0 bridgehead atoms. The van der Waals surface area contributed by atoms with Gasteiger partial charge in [-0.15, -0.1) is 10.2 Å². The molecule has 156 valence electrons. The molecule has 30 heavy (non-hydrogen) atoms. The van der Waals surface area contributed by atoms with E-state index in [9.17, 15) is 4.79 Å². The average Bonchev–Trinajstić information content (AvgIpc) is 3.02. The first kappa shape index (κ1) is 20.1. The molecular formula is C24H28N4O2. The molecule has 1 amide bonds. The van der Waals surface area contributed by atoms with Gasteiger partial charge in [0.1, 0.15) is 11.6 Å². The molecule has 6 nitrogen and oxygen atoms in total. The third-order valence-corrected chi connectivity index (χ3v) is 5.58. The van der Waals surface area contributed by atoms with Gasteiger partial charge in [0.25, 0.3) is 5.91 Å². The van der Waals surface area contributed by atoms with Crippen molar-refractivity contribution in [2.24, 2.45) is 0 Å². The molecule has 0 radical (unpaired) electrons. The summed E-state index contributed by atoms with van der Waals surface area (Å²) in [5.41, 5.74) is 3.97. The lowest BCUT2D eigenvalue weighted by molar-refractivity contribution is -0.118. The van der Waals surface area contributed by atoms with Crippen molar-refractivity contribution in [3.05, 3.63) is 59.4 Å². The second kappa shape index (κ2) is 9.11. The minimum atomic E-state index is -0.185. The molecule has 1 aliphatic rings. The Morgan fingerprint density at radius 1 is 1.10 bits per heavy atom. The molecule has 0 saturated heterocycles. The highest BCUT2D eigenvalue weighted by molar-refractivity contribution is 5.93. The first-order valence-electron chi connectivity index (χ1n) is 10.7. The van der Waals surface area contributed by atoms with Gasteiger partial charge in [0, 0.05) is 24.2 Å². The summed E-state index contributed by atoms with van der Waals surface area (Å²) in [5.74, 6) is 2.43. The number of aromatic nitrogens is 3. The van der Waals surface area contributed by atoms with Gasteiger partial charge in [-0.2, -0.15) is 0 Å². The Hall–Kier alpha value is -3.15. The Kier molecular flexibility index (Phi) is 6.12. The summed E-state index contributed by atoms with van der Waals surface area (Å²) in [6.45, 7) is 5.00. The van der Waals surface area contributed by atoms with Crippen molar-refractivity contribution in [1.29, 1.82) is 0 Å². The minimum absolute atomic E-state index is 0.0323. The fourth-order valence-electron chi connectivity index (χ4n) is 3.75. The van der Waals surface area contributed by atoms with Crippen molar-refractivity contribution in [2.45, 2.75) is 52.5 Å². The SMILES string of the molecule is CCc1ccc(OCC(=O)Nc2cc(-c3nnc4n3CCCCC4)ccc2C)cc1. The molecule has 0 spiro atoms. The number of aryl methyl sites for hydroxylation is 3. The van der Waals surface area contributed by atoms with Crippen LogP contribution in [-0.4, -0.2) is 27.3 Å². The summed E-state index contributed by atoms with van der Waals surface area (Å²) >= 11 is 0. The molecule has 2 heterocycles. The molecule has 2 aromatic carbocycles. The van der Waals surface area contributed by atoms with Gasteiger partial charge in [0.15, 0.2) is 12.4 Å². The highest BCUT2D eigenvalue weighted by atomic mass is 16.5. The summed E-state index contributed by atoms with van der Waals surface area (Å²) in [6, 6.07) is 13.9. The lowest BCUT2D eigenvalue weighted by Crippen LogP contribution is -2.20. The van der Waals surface area contributed by atoms with Crippen LogP contribution in [0, 0.1) is 6.92 Å². The zero-order valence-electron chi connectivity index (χ0n) is 17.6. The fraction of sp³-hybridized carbons (Fsp3) is 0.375. The Morgan fingerprint density at radius 2 is 1.93 bits per heavy atom. The minimum Gasteiger partial charge on any atom is -0.484 e. The van der Waals surface area contributed by atoms with E-state index in [0.29, 0.717) is 5.75 Å². The van der Waals surface area contributed by atoms with Crippen molar-refractivity contribution in [3.63, 3.8) is 0 Å². The molecule has 1 aliphatic heterocycles. The van der Waals surface area contributed by atoms with Crippen LogP contribution in [0.4, 0.5) is 5.69 Å². The number of fused-ring (bicyclic) bond motifs is 1. The van der Waals surface area contributed by atoms with Gasteiger partial charge >= 0.3 is 0 Å². The van der Waals surface area contributed by atoms with E-state index in [4.69, 9.17) is 4.74 Å². The van der Waals surface area contributed by atoms with E-state index in [1.54, 1.807) is 0 Å². The Morgan fingerprint density at radius 3 is 2.73 bits per heavy atom. The fourth-order valence-corrected chi connectivity index (χ4v) is 3.75. The summed E-state index contributed by atoms with van der Waals surface area (Å²) in [4.78, 5) is 12.5. The predicted molar refractivity (Wildman–Crippen MR) is 118 cm³/mol. The molecular weight excluding hydrogens is 376 g/mol. The van der Waals surface area contributed by atoms with Crippen LogP contribution in [0.5, 0.6) is 5.75 Å². The molecule has 1 N–H and O–H groups in total. The zero-order chi connectivity index (χ0) is 20.9. The predicted octanol–water partition coefficient (Wildman–Crippen LogP) is 4.56. The molecule has 4 rings (SSSR count). The number of rotatable bonds is 6. The smallest absolute Gasteiger partial charge is 0.262 e. The van der Waals surface area contributed by atoms with Crippen LogP contribution in [0.3, 0.4) is 0 Å². The maximum atomic E-state index is 12.5. The highest BCUT2D eigenvalue weighted by Gasteiger charge is 2.17. The molecule has 0 atom stereocenters. The monoisotopic (exact) mass is 404 g/mol. The maximum Gasteiger partial charge on any atom is 0.262 e. The molecule has 0 saturated carbocycles. The molecule has 0 fully saturated rings. The topological polar surface area (TPSA) is 69.0 Å². The van der Waals surface area contributed by atoms with Crippen molar-refractivity contribution < 1.29 is 9.53 Å². The average molecular weight is 405 g/mol. The standard InChI is InChI=1S/C24H28N4O2/c1-3-18-9-12-20(13-10-18)30-16-23(29)25-21-15-19(11-8-17(21)2)24-27-26-22-7-5-4-6-14-28(22)24/h8-13,15H,3-7,14,16H2,1-2H3,(H,25,29). The van der Waals surface area contributed by atoms with Crippen LogP contribution in [0.2, 0.25) is 0 Å². The van der Waals surface area contributed by atoms with Gasteiger partial charge in [0.05, 0.1) is 0 Å². The van der Waals surface area contributed by atoms with Gasteiger partial charge in [-0.25, -0.2) is 0 Å². The number of ether oxygens (including phenoxy) is 1. The van der Waals surface area contributed by atoms with E-state index < -0.39 is 0 Å². The summed E-state index contributed by atoms with van der Waals surface area (Å²) in [5, 5.41) is 11.8. The molecule has 0 unspecified atom stereocenters. The Labute approximate surface area is 177 Å². The number of hydrogen-bond donors (Lipinski definition) is 1. The van der Waals surface area contributed by atoms with Crippen LogP contribution in [0.1, 0.15) is 43.1 Å². The largest absolute Gasteiger partial charge is 0.484 e. The number of anilines is 1. The summed E-state index contributed by atoms with van der Waals surface area (Å²) in [7, 11) is 0. The van der Waals surface area contributed by atoms with Gasteiger partial charge in [-0.05, 0) is 55.5 Å². The van der Waals surface area contributed by atoms with Gasteiger partial charge in [-0.1, -0.05) is 37.6 Å². The van der Waals surface area contributed by atoms with Crippen LogP contribution < -0.4 is 10.1 Å². The molecule has 3 aromatic rings. The first-order chi connectivity index (χ1) is 14.6. The van der Waals surface area contributed by atoms with Crippen molar-refractivity contribution in [3.8, 4) is 17.1 Å². The van der Waals surface area contributed by atoms with Crippen molar-refractivity contribution >= 4 is 11.6 Å². The van der Waals surface area contributed by atoms with Gasteiger partial charge < -0.3 is 14.6 Å². The number of nitrogens with zero attached hydrogens (tertiary/aromatic N) is 3.